The maximum atomic E-state index is 2.48. The molecule has 1 heteroatoms. The van der Waals surface area contributed by atoms with Crippen LogP contribution in [0.15, 0.2) is 24.3 Å². The van der Waals surface area contributed by atoms with Gasteiger partial charge in [-0.2, -0.15) is 0 Å². The lowest BCUT2D eigenvalue weighted by Crippen LogP contribution is -2.27. The van der Waals surface area contributed by atoms with Crippen molar-refractivity contribution in [1.29, 1.82) is 0 Å². The summed E-state index contributed by atoms with van der Waals surface area (Å²) in [6, 6.07) is 8.99. The summed E-state index contributed by atoms with van der Waals surface area (Å²) in [4.78, 5) is 0. The van der Waals surface area contributed by atoms with Crippen molar-refractivity contribution in [3.63, 3.8) is 0 Å². The van der Waals surface area contributed by atoms with Gasteiger partial charge in [0.15, 0.2) is 5.71 Å². The first-order chi connectivity index (χ1) is 10.8. The molecule has 22 heavy (non-hydrogen) atoms. The predicted octanol–water partition coefficient (Wildman–Crippen LogP) is 5.60. The largest absolute Gasteiger partial charge is 0.235 e. The summed E-state index contributed by atoms with van der Waals surface area (Å²) in [5.41, 5.74) is 4.63. The molecule has 0 atom stereocenters. The van der Waals surface area contributed by atoms with E-state index in [1.807, 2.05) is 0 Å². The number of nitrogens with zero attached hydrogens (tertiary/aromatic N) is 1. The van der Waals surface area contributed by atoms with Gasteiger partial charge in [-0.05, 0) is 18.1 Å². The Kier molecular flexibility index (Phi) is 7.70. The van der Waals surface area contributed by atoms with E-state index in [2.05, 4.69) is 42.8 Å². The molecule has 0 aliphatic carbocycles. The van der Waals surface area contributed by atoms with E-state index in [1.165, 1.54) is 82.7 Å². The molecule has 0 amide bonds. The van der Waals surface area contributed by atoms with E-state index in [9.17, 15) is 0 Å². The average Bonchev–Trinajstić information content (AvgIpc) is 2.55. The third-order valence-electron chi connectivity index (χ3n) is 5.02. The van der Waals surface area contributed by atoms with Gasteiger partial charge in [-0.3, -0.25) is 0 Å². The van der Waals surface area contributed by atoms with Gasteiger partial charge >= 0.3 is 0 Å². The molecule has 0 bridgehead atoms. The highest BCUT2D eigenvalue weighted by Crippen LogP contribution is 2.19. The van der Waals surface area contributed by atoms with Crippen LogP contribution >= 0.6 is 0 Å². The number of hydrogen-bond acceptors (Lipinski definition) is 0. The van der Waals surface area contributed by atoms with Crippen LogP contribution in [0.5, 0.6) is 0 Å². The van der Waals surface area contributed by atoms with E-state index in [4.69, 9.17) is 0 Å². The molecule has 1 aliphatic rings. The second-order valence-electron chi connectivity index (χ2n) is 6.85. The van der Waals surface area contributed by atoms with Gasteiger partial charge < -0.3 is 0 Å². The Labute approximate surface area is 137 Å². The monoisotopic (exact) mass is 300 g/mol. The zero-order valence-corrected chi connectivity index (χ0v) is 14.7. The highest BCUT2D eigenvalue weighted by atomic mass is 15.0. The Morgan fingerprint density at radius 2 is 1.50 bits per heavy atom. The summed E-state index contributed by atoms with van der Waals surface area (Å²) < 4.78 is 2.48. The fraction of sp³-hybridized carbons (Fsp3) is 0.667. The Bertz CT molecular complexity index is 473. The van der Waals surface area contributed by atoms with Crippen LogP contribution in [-0.2, 0) is 6.42 Å². The topological polar surface area (TPSA) is 3.01 Å². The highest BCUT2D eigenvalue weighted by molar-refractivity contribution is 5.98. The molecular formula is C21H34N+. The van der Waals surface area contributed by atoms with Crippen LogP contribution in [0.25, 0.3) is 0 Å². The minimum absolute atomic E-state index is 1.18. The Morgan fingerprint density at radius 3 is 2.23 bits per heavy atom. The van der Waals surface area contributed by atoms with Crippen LogP contribution in [0.3, 0.4) is 0 Å². The van der Waals surface area contributed by atoms with E-state index in [0.29, 0.717) is 0 Å². The maximum Gasteiger partial charge on any atom is 0.183 e. The van der Waals surface area contributed by atoms with Crippen molar-refractivity contribution in [3.8, 4) is 0 Å². The summed E-state index contributed by atoms with van der Waals surface area (Å²) in [7, 11) is 2.26. The van der Waals surface area contributed by atoms with Crippen molar-refractivity contribution in [2.45, 2.75) is 77.6 Å². The second kappa shape index (κ2) is 9.82. The van der Waals surface area contributed by atoms with E-state index in [1.54, 1.807) is 11.3 Å². The summed E-state index contributed by atoms with van der Waals surface area (Å²) in [5, 5.41) is 0. The number of fused-ring (bicyclic) bond motifs is 1. The van der Waals surface area contributed by atoms with Crippen molar-refractivity contribution in [2.75, 3.05) is 13.6 Å². The third kappa shape index (κ3) is 5.26. The van der Waals surface area contributed by atoms with Gasteiger partial charge in [-0.15, -0.1) is 0 Å². The predicted molar refractivity (Wildman–Crippen MR) is 97.2 cm³/mol. The van der Waals surface area contributed by atoms with Crippen LogP contribution in [0.1, 0.15) is 82.3 Å². The standard InChI is InChI=1S/C21H34N/c1-3-4-5-6-7-8-9-10-11-16-21-20-15-13-12-14-19(20)17-18-22(21)2/h12-15H,3-11,16-18H2,1-2H3/q+1. The van der Waals surface area contributed by atoms with Crippen molar-refractivity contribution in [2.24, 2.45) is 0 Å². The zero-order valence-electron chi connectivity index (χ0n) is 14.7. The SMILES string of the molecule is CCCCCCCCCCCC1=[N+](C)CCc2ccccc21. The van der Waals surface area contributed by atoms with Crippen molar-refractivity contribution in [1.82, 2.24) is 0 Å². The zero-order chi connectivity index (χ0) is 15.6. The summed E-state index contributed by atoms with van der Waals surface area (Å²) in [6.45, 7) is 3.47. The molecular weight excluding hydrogens is 266 g/mol. The Hall–Kier alpha value is -1.11. The van der Waals surface area contributed by atoms with Gasteiger partial charge in [0.2, 0.25) is 0 Å². The fourth-order valence-corrected chi connectivity index (χ4v) is 3.58. The second-order valence-corrected chi connectivity index (χ2v) is 6.85. The number of likely N-dealkylation sites (N-methyl/N-ethyl adjacent to an activating group) is 1. The van der Waals surface area contributed by atoms with Crippen LogP contribution in [0.2, 0.25) is 0 Å². The van der Waals surface area contributed by atoms with Gasteiger partial charge in [0.1, 0.15) is 13.6 Å². The molecule has 1 aromatic rings. The lowest BCUT2D eigenvalue weighted by Gasteiger charge is -2.16. The van der Waals surface area contributed by atoms with Crippen molar-refractivity contribution >= 4 is 5.71 Å². The molecule has 0 fully saturated rings. The maximum absolute atomic E-state index is 2.48. The Balaban J connectivity index is 1.66. The number of hydrogen-bond donors (Lipinski definition) is 0. The molecule has 0 radical (unpaired) electrons. The van der Waals surface area contributed by atoms with Gasteiger partial charge in [-0.25, -0.2) is 4.58 Å². The summed E-state index contributed by atoms with van der Waals surface area (Å²) in [6.07, 6.45) is 15.2. The number of benzene rings is 1. The molecule has 1 aliphatic heterocycles. The van der Waals surface area contributed by atoms with Crippen LogP contribution in [-0.4, -0.2) is 23.9 Å². The first-order valence-corrected chi connectivity index (χ1v) is 9.48. The smallest absolute Gasteiger partial charge is 0.183 e. The van der Waals surface area contributed by atoms with E-state index in [0.717, 1.165) is 0 Å². The molecule has 0 unspecified atom stereocenters. The minimum atomic E-state index is 1.18. The summed E-state index contributed by atoms with van der Waals surface area (Å²) in [5.74, 6) is 0. The van der Waals surface area contributed by atoms with E-state index >= 15 is 0 Å². The molecule has 0 saturated heterocycles. The molecule has 0 spiro atoms. The van der Waals surface area contributed by atoms with Crippen LogP contribution in [0, 0.1) is 0 Å². The molecule has 0 saturated carbocycles. The van der Waals surface area contributed by atoms with Crippen molar-refractivity contribution < 1.29 is 4.58 Å². The van der Waals surface area contributed by atoms with E-state index < -0.39 is 0 Å². The number of rotatable bonds is 10. The lowest BCUT2D eigenvalue weighted by molar-refractivity contribution is -0.499. The summed E-state index contributed by atoms with van der Waals surface area (Å²) >= 11 is 0. The highest BCUT2D eigenvalue weighted by Gasteiger charge is 2.21. The molecule has 122 valence electrons. The van der Waals surface area contributed by atoms with Crippen LogP contribution < -0.4 is 0 Å². The molecule has 0 N–H and O–H groups in total. The average molecular weight is 301 g/mol. The first-order valence-electron chi connectivity index (χ1n) is 9.48. The molecule has 1 aromatic carbocycles. The molecule has 1 heterocycles. The van der Waals surface area contributed by atoms with Crippen molar-refractivity contribution in [3.05, 3.63) is 35.4 Å². The van der Waals surface area contributed by atoms with E-state index in [-0.39, 0.29) is 0 Å². The van der Waals surface area contributed by atoms with Gasteiger partial charge in [0, 0.05) is 18.4 Å². The lowest BCUT2D eigenvalue weighted by atomic mass is 9.93. The quantitative estimate of drug-likeness (QED) is 0.391. The first kappa shape index (κ1) is 17.2. The fourth-order valence-electron chi connectivity index (χ4n) is 3.58. The van der Waals surface area contributed by atoms with Gasteiger partial charge in [0.25, 0.3) is 0 Å². The molecule has 0 aromatic heterocycles. The Morgan fingerprint density at radius 1 is 0.864 bits per heavy atom. The normalized spacial score (nSPS) is 14.3. The molecule has 2 rings (SSSR count). The minimum Gasteiger partial charge on any atom is -0.235 e. The third-order valence-corrected chi connectivity index (χ3v) is 5.02. The number of unbranched alkanes of at least 4 members (excludes halogenated alkanes) is 8. The van der Waals surface area contributed by atoms with Crippen LogP contribution in [0.4, 0.5) is 0 Å². The van der Waals surface area contributed by atoms with Gasteiger partial charge in [-0.1, -0.05) is 76.5 Å². The molecule has 1 nitrogen and oxygen atoms in total. The van der Waals surface area contributed by atoms with Gasteiger partial charge in [0.05, 0.1) is 0 Å².